The summed E-state index contributed by atoms with van der Waals surface area (Å²) in [5.74, 6) is 0. The van der Waals surface area contributed by atoms with E-state index in [0.717, 1.165) is 0 Å². The Morgan fingerprint density at radius 2 is 1.90 bits per heavy atom. The second-order valence-electron chi connectivity index (χ2n) is 2.95. The quantitative estimate of drug-likeness (QED) is 0.502. The normalized spacial score (nSPS) is 49.2. The van der Waals surface area contributed by atoms with Gasteiger partial charge in [0, 0.05) is 6.42 Å². The van der Waals surface area contributed by atoms with Gasteiger partial charge in [0.05, 0.1) is 18.3 Å². The van der Waals surface area contributed by atoms with E-state index in [1.54, 1.807) is 6.92 Å². The lowest BCUT2D eigenvalue weighted by Crippen LogP contribution is -2.45. The largest absolute Gasteiger partial charge is 0.390 e. The summed E-state index contributed by atoms with van der Waals surface area (Å²) >= 11 is 0. The van der Waals surface area contributed by atoms with Crippen LogP contribution in [0.15, 0.2) is 0 Å². The lowest BCUT2D eigenvalue weighted by molar-refractivity contribution is -0.156. The molecule has 1 fully saturated rings. The third-order valence-electron chi connectivity index (χ3n) is 1.90. The van der Waals surface area contributed by atoms with Crippen LogP contribution in [0, 0.1) is 0 Å². The number of hydrogen-bond acceptors (Lipinski definition) is 3. The molecule has 0 spiro atoms. The Balaban J connectivity index is 2.49. The smallest absolute Gasteiger partial charge is 0.106 e. The van der Waals surface area contributed by atoms with E-state index in [0.29, 0.717) is 6.42 Å². The average Bonchev–Trinajstić information content (AvgIpc) is 1.82. The molecule has 1 aliphatic heterocycles. The topological polar surface area (TPSA) is 49.7 Å². The fraction of sp³-hybridized carbons (Fsp3) is 1.00. The minimum atomic E-state index is -0.712. The molecule has 2 N–H and O–H groups in total. The van der Waals surface area contributed by atoms with Crippen molar-refractivity contribution in [1.82, 2.24) is 0 Å². The zero-order valence-electron chi connectivity index (χ0n) is 6.32. The molecule has 0 aromatic carbocycles. The maximum absolute atomic E-state index is 9.19. The Hall–Kier alpha value is -0.120. The van der Waals surface area contributed by atoms with Crippen molar-refractivity contribution in [3.8, 4) is 0 Å². The molecule has 0 amide bonds. The SMILES string of the molecule is C[C@@H]1O[C@@H](C)C[C@@H](O)[C@H]1O. The minimum Gasteiger partial charge on any atom is -0.390 e. The van der Waals surface area contributed by atoms with E-state index in [4.69, 9.17) is 4.74 Å². The molecule has 4 atom stereocenters. The standard InChI is InChI=1S/C7H14O3/c1-4-3-6(8)7(9)5(2)10-4/h4-9H,3H2,1-2H3/t4-,5-,6+,7-/m0/s1. The number of ether oxygens (including phenoxy) is 1. The first kappa shape index (κ1) is 7.98. The molecule has 3 heteroatoms. The number of hydrogen-bond donors (Lipinski definition) is 2. The van der Waals surface area contributed by atoms with Crippen molar-refractivity contribution in [2.45, 2.75) is 44.7 Å². The fourth-order valence-electron chi connectivity index (χ4n) is 1.29. The second kappa shape index (κ2) is 2.86. The highest BCUT2D eigenvalue weighted by atomic mass is 16.5. The molecule has 0 aromatic rings. The van der Waals surface area contributed by atoms with Crippen LogP contribution in [-0.2, 0) is 4.74 Å². The van der Waals surface area contributed by atoms with Crippen LogP contribution in [0.5, 0.6) is 0 Å². The predicted molar refractivity (Wildman–Crippen MR) is 36.6 cm³/mol. The van der Waals surface area contributed by atoms with E-state index in [1.807, 2.05) is 6.92 Å². The molecular weight excluding hydrogens is 132 g/mol. The van der Waals surface area contributed by atoms with E-state index in [9.17, 15) is 10.2 Å². The minimum absolute atomic E-state index is 0.0633. The number of aliphatic hydroxyl groups excluding tert-OH is 2. The van der Waals surface area contributed by atoms with E-state index in [1.165, 1.54) is 0 Å². The summed E-state index contributed by atoms with van der Waals surface area (Å²) in [4.78, 5) is 0. The monoisotopic (exact) mass is 146 g/mol. The van der Waals surface area contributed by atoms with Crippen molar-refractivity contribution < 1.29 is 14.9 Å². The molecule has 60 valence electrons. The first-order valence-corrected chi connectivity index (χ1v) is 3.63. The molecule has 10 heavy (non-hydrogen) atoms. The van der Waals surface area contributed by atoms with Crippen molar-refractivity contribution in [1.29, 1.82) is 0 Å². The van der Waals surface area contributed by atoms with Crippen LogP contribution in [0.3, 0.4) is 0 Å². The van der Waals surface area contributed by atoms with Crippen LogP contribution < -0.4 is 0 Å². The Morgan fingerprint density at radius 3 is 2.40 bits per heavy atom. The average molecular weight is 146 g/mol. The summed E-state index contributed by atoms with van der Waals surface area (Å²) in [6, 6.07) is 0. The van der Waals surface area contributed by atoms with Crippen molar-refractivity contribution in [3.05, 3.63) is 0 Å². The van der Waals surface area contributed by atoms with Gasteiger partial charge in [-0.3, -0.25) is 0 Å². The Kier molecular flexibility index (Phi) is 2.28. The van der Waals surface area contributed by atoms with Gasteiger partial charge in [0.1, 0.15) is 6.10 Å². The van der Waals surface area contributed by atoms with Crippen molar-refractivity contribution in [2.75, 3.05) is 0 Å². The lowest BCUT2D eigenvalue weighted by Gasteiger charge is -2.33. The highest BCUT2D eigenvalue weighted by molar-refractivity contribution is 4.80. The fourth-order valence-corrected chi connectivity index (χ4v) is 1.29. The maximum Gasteiger partial charge on any atom is 0.106 e. The molecule has 1 saturated heterocycles. The molecule has 1 aliphatic rings. The first-order valence-electron chi connectivity index (χ1n) is 3.63. The van der Waals surface area contributed by atoms with Gasteiger partial charge < -0.3 is 14.9 Å². The maximum atomic E-state index is 9.19. The van der Waals surface area contributed by atoms with Crippen LogP contribution in [0.2, 0.25) is 0 Å². The van der Waals surface area contributed by atoms with Crippen LogP contribution in [0.1, 0.15) is 20.3 Å². The van der Waals surface area contributed by atoms with Crippen molar-refractivity contribution >= 4 is 0 Å². The van der Waals surface area contributed by atoms with E-state index >= 15 is 0 Å². The van der Waals surface area contributed by atoms with Crippen LogP contribution in [0.4, 0.5) is 0 Å². The Morgan fingerprint density at radius 1 is 1.30 bits per heavy atom. The molecule has 0 bridgehead atoms. The van der Waals surface area contributed by atoms with Crippen molar-refractivity contribution in [2.24, 2.45) is 0 Å². The molecule has 1 heterocycles. The zero-order chi connectivity index (χ0) is 7.72. The lowest BCUT2D eigenvalue weighted by atomic mass is 10.00. The van der Waals surface area contributed by atoms with E-state index in [2.05, 4.69) is 0 Å². The van der Waals surface area contributed by atoms with Gasteiger partial charge in [-0.2, -0.15) is 0 Å². The third kappa shape index (κ3) is 1.48. The summed E-state index contributed by atoms with van der Waals surface area (Å²) in [5, 5.41) is 18.4. The van der Waals surface area contributed by atoms with Gasteiger partial charge in [-0.05, 0) is 13.8 Å². The van der Waals surface area contributed by atoms with Gasteiger partial charge in [-0.15, -0.1) is 0 Å². The van der Waals surface area contributed by atoms with E-state index < -0.39 is 12.2 Å². The molecule has 0 saturated carbocycles. The van der Waals surface area contributed by atoms with Gasteiger partial charge in [-0.25, -0.2) is 0 Å². The first-order chi connectivity index (χ1) is 4.61. The van der Waals surface area contributed by atoms with Crippen LogP contribution in [0.25, 0.3) is 0 Å². The summed E-state index contributed by atoms with van der Waals surface area (Å²) in [6.45, 7) is 3.66. The summed E-state index contributed by atoms with van der Waals surface area (Å²) in [6.07, 6.45) is -0.965. The molecular formula is C7H14O3. The molecule has 0 aromatic heterocycles. The summed E-state index contributed by atoms with van der Waals surface area (Å²) in [7, 11) is 0. The third-order valence-corrected chi connectivity index (χ3v) is 1.90. The van der Waals surface area contributed by atoms with Crippen LogP contribution in [-0.4, -0.2) is 34.6 Å². The predicted octanol–water partition coefficient (Wildman–Crippen LogP) is -0.0945. The Bertz CT molecular complexity index is 103. The Labute approximate surface area is 60.6 Å². The molecule has 0 radical (unpaired) electrons. The summed E-state index contributed by atoms with van der Waals surface area (Å²) in [5.41, 5.74) is 0. The van der Waals surface area contributed by atoms with Crippen LogP contribution >= 0.6 is 0 Å². The highest BCUT2D eigenvalue weighted by Crippen LogP contribution is 2.19. The second-order valence-corrected chi connectivity index (χ2v) is 2.95. The molecule has 3 nitrogen and oxygen atoms in total. The van der Waals surface area contributed by atoms with Gasteiger partial charge >= 0.3 is 0 Å². The molecule has 1 rings (SSSR count). The van der Waals surface area contributed by atoms with Gasteiger partial charge in [0.2, 0.25) is 0 Å². The highest BCUT2D eigenvalue weighted by Gasteiger charge is 2.31. The molecule has 0 unspecified atom stereocenters. The number of aliphatic hydroxyl groups is 2. The van der Waals surface area contributed by atoms with Gasteiger partial charge in [0.25, 0.3) is 0 Å². The van der Waals surface area contributed by atoms with Gasteiger partial charge in [-0.1, -0.05) is 0 Å². The zero-order valence-corrected chi connectivity index (χ0v) is 6.32. The van der Waals surface area contributed by atoms with Gasteiger partial charge in [0.15, 0.2) is 0 Å². The van der Waals surface area contributed by atoms with E-state index in [-0.39, 0.29) is 12.2 Å². The number of rotatable bonds is 0. The summed E-state index contributed by atoms with van der Waals surface area (Å²) < 4.78 is 5.26. The van der Waals surface area contributed by atoms with Crippen molar-refractivity contribution in [3.63, 3.8) is 0 Å². The molecule has 0 aliphatic carbocycles.